The average molecular weight is 428 g/mol. The molecule has 2 aromatic rings. The number of fused-ring (bicyclic) bond motifs is 1. The molecular weight excluding hydrogens is 394 g/mol. The third-order valence-electron chi connectivity index (χ3n) is 6.96. The van der Waals surface area contributed by atoms with Crippen molar-refractivity contribution in [3.05, 3.63) is 47.2 Å². The molecule has 162 valence electrons. The Balaban J connectivity index is 1.87. The molecule has 1 aromatic carbocycles. The van der Waals surface area contributed by atoms with E-state index in [1.54, 1.807) is 20.5 Å². The van der Waals surface area contributed by atoms with Crippen LogP contribution in [0.4, 0.5) is 0 Å². The average Bonchev–Trinajstić information content (AvgIpc) is 3.16. The molecule has 1 heterocycles. The fourth-order valence-corrected chi connectivity index (χ4v) is 6.01. The minimum atomic E-state index is -1.84. The van der Waals surface area contributed by atoms with Crippen LogP contribution >= 0.6 is 0 Å². The number of hydrogen-bond acceptors (Lipinski definition) is 5. The zero-order valence-electron chi connectivity index (χ0n) is 19.2. The van der Waals surface area contributed by atoms with Gasteiger partial charge in [0.25, 0.3) is 0 Å². The van der Waals surface area contributed by atoms with Crippen LogP contribution in [0.15, 0.2) is 34.9 Å². The summed E-state index contributed by atoms with van der Waals surface area (Å²) in [4.78, 5) is 0. The molecule has 30 heavy (non-hydrogen) atoms. The van der Waals surface area contributed by atoms with Gasteiger partial charge in [-0.15, -0.1) is 0 Å². The zero-order chi connectivity index (χ0) is 22.2. The van der Waals surface area contributed by atoms with Crippen LogP contribution in [0.1, 0.15) is 37.5 Å². The molecule has 0 saturated heterocycles. The lowest BCUT2D eigenvalue weighted by Gasteiger charge is -2.43. The van der Waals surface area contributed by atoms with Crippen molar-refractivity contribution in [1.29, 1.82) is 5.26 Å². The Morgan fingerprint density at radius 2 is 1.97 bits per heavy atom. The van der Waals surface area contributed by atoms with E-state index in [0.717, 1.165) is 27.8 Å². The first-order chi connectivity index (χ1) is 14.1. The van der Waals surface area contributed by atoms with Gasteiger partial charge in [-0.1, -0.05) is 39.9 Å². The van der Waals surface area contributed by atoms with Gasteiger partial charge < -0.3 is 18.6 Å². The summed E-state index contributed by atoms with van der Waals surface area (Å²) in [5.41, 5.74) is 2.47. The Labute approximate surface area is 181 Å². The SMILES string of the molecule is COCC(OCc1ccoc1[Si](C)(C)C(C)(C)C)C1(C#N)Cc2ccc(OC)cc21. The second-order valence-corrected chi connectivity index (χ2v) is 14.9. The molecule has 0 bridgehead atoms. The van der Waals surface area contributed by atoms with E-state index in [-0.39, 0.29) is 11.1 Å². The van der Waals surface area contributed by atoms with Gasteiger partial charge in [0.05, 0.1) is 38.0 Å². The minimum Gasteiger partial charge on any atom is -0.497 e. The molecule has 0 N–H and O–H groups in total. The fraction of sp³-hybridized carbons (Fsp3) is 0.542. The molecule has 0 saturated carbocycles. The summed E-state index contributed by atoms with van der Waals surface area (Å²) >= 11 is 0. The molecule has 6 heteroatoms. The summed E-state index contributed by atoms with van der Waals surface area (Å²) in [6.45, 7) is 12.2. The van der Waals surface area contributed by atoms with Crippen molar-refractivity contribution in [1.82, 2.24) is 0 Å². The van der Waals surface area contributed by atoms with E-state index in [9.17, 15) is 5.26 Å². The van der Waals surface area contributed by atoms with Gasteiger partial charge in [0, 0.05) is 12.7 Å². The highest BCUT2D eigenvalue weighted by atomic mass is 28.3. The second-order valence-electron chi connectivity index (χ2n) is 9.69. The molecule has 1 aromatic heterocycles. The highest BCUT2D eigenvalue weighted by molar-refractivity contribution is 6.91. The Morgan fingerprint density at radius 3 is 2.57 bits per heavy atom. The number of hydrogen-bond donors (Lipinski definition) is 0. The van der Waals surface area contributed by atoms with Gasteiger partial charge >= 0.3 is 0 Å². The summed E-state index contributed by atoms with van der Waals surface area (Å²) in [6, 6.07) is 10.4. The first-order valence-corrected chi connectivity index (χ1v) is 13.4. The standard InChI is InChI=1S/C24H33NO4Si/c1-23(2,3)30(6,7)22-18(10-11-28-22)14-29-21(15-26-4)24(16-25)13-17-8-9-19(27-5)12-20(17)24/h8-12,21H,13-15H2,1-7H3. The number of methoxy groups -OCH3 is 2. The largest absolute Gasteiger partial charge is 0.497 e. The molecule has 0 radical (unpaired) electrons. The van der Waals surface area contributed by atoms with Crippen LogP contribution < -0.4 is 10.1 Å². The summed E-state index contributed by atoms with van der Waals surface area (Å²) in [7, 11) is 1.44. The Bertz CT molecular complexity index is 937. The first kappa shape index (κ1) is 22.6. The van der Waals surface area contributed by atoms with Crippen molar-refractivity contribution in [3.63, 3.8) is 0 Å². The van der Waals surface area contributed by atoms with Crippen LogP contribution in [0.5, 0.6) is 5.75 Å². The maximum Gasteiger partial charge on any atom is 0.132 e. The highest BCUT2D eigenvalue weighted by Crippen LogP contribution is 2.46. The second kappa shape index (κ2) is 8.22. The van der Waals surface area contributed by atoms with Crippen molar-refractivity contribution < 1.29 is 18.6 Å². The lowest BCUT2D eigenvalue weighted by molar-refractivity contribution is -0.0485. The molecule has 0 aliphatic heterocycles. The van der Waals surface area contributed by atoms with Crippen molar-refractivity contribution in [3.8, 4) is 11.8 Å². The minimum absolute atomic E-state index is 0.156. The number of furan rings is 1. The monoisotopic (exact) mass is 427 g/mol. The van der Waals surface area contributed by atoms with Gasteiger partial charge in [-0.05, 0) is 40.8 Å². The number of nitrogens with zero attached hydrogens (tertiary/aromatic N) is 1. The van der Waals surface area contributed by atoms with E-state index < -0.39 is 13.5 Å². The number of benzene rings is 1. The Hall–Kier alpha value is -2.07. The maximum absolute atomic E-state index is 10.2. The van der Waals surface area contributed by atoms with E-state index in [0.29, 0.717) is 19.6 Å². The van der Waals surface area contributed by atoms with Gasteiger partial charge in [0.1, 0.15) is 25.3 Å². The van der Waals surface area contributed by atoms with Crippen molar-refractivity contribution >= 4 is 13.5 Å². The van der Waals surface area contributed by atoms with Crippen molar-refractivity contribution in [2.75, 3.05) is 20.8 Å². The normalized spacial score (nSPS) is 19.5. The Morgan fingerprint density at radius 1 is 1.23 bits per heavy atom. The molecule has 0 amide bonds. The van der Waals surface area contributed by atoms with Gasteiger partial charge in [0.15, 0.2) is 0 Å². The number of ether oxygens (including phenoxy) is 3. The summed E-state index contributed by atoms with van der Waals surface area (Å²) in [5, 5.41) is 11.4. The van der Waals surface area contributed by atoms with E-state index in [2.05, 4.69) is 39.9 Å². The molecule has 2 unspecified atom stereocenters. The lowest BCUT2D eigenvalue weighted by atomic mass is 9.61. The molecule has 1 aliphatic rings. The fourth-order valence-electron chi connectivity index (χ4n) is 4.01. The first-order valence-electron chi connectivity index (χ1n) is 10.4. The third-order valence-corrected chi connectivity index (χ3v) is 12.3. The van der Waals surface area contributed by atoms with E-state index in [4.69, 9.17) is 18.6 Å². The van der Waals surface area contributed by atoms with Gasteiger partial charge in [0.2, 0.25) is 0 Å². The van der Waals surface area contributed by atoms with Gasteiger partial charge in [-0.3, -0.25) is 0 Å². The third kappa shape index (κ3) is 3.71. The highest BCUT2D eigenvalue weighted by Gasteiger charge is 2.51. The summed E-state index contributed by atoms with van der Waals surface area (Å²) in [6.07, 6.45) is 2.02. The van der Waals surface area contributed by atoms with E-state index >= 15 is 0 Å². The maximum atomic E-state index is 10.2. The van der Waals surface area contributed by atoms with Crippen LogP contribution in [-0.2, 0) is 27.9 Å². The quantitative estimate of drug-likeness (QED) is 0.578. The van der Waals surface area contributed by atoms with Crippen LogP contribution in [0.3, 0.4) is 0 Å². The molecule has 2 atom stereocenters. The lowest BCUT2D eigenvalue weighted by Crippen LogP contribution is -2.52. The van der Waals surface area contributed by atoms with Crippen molar-refractivity contribution in [2.24, 2.45) is 0 Å². The summed E-state index contributed by atoms with van der Waals surface area (Å²) in [5.74, 6) is 0.749. The molecule has 5 nitrogen and oxygen atoms in total. The number of nitriles is 1. The molecule has 3 rings (SSSR count). The summed E-state index contributed by atoms with van der Waals surface area (Å²) < 4.78 is 23.2. The molecule has 0 fully saturated rings. The van der Waals surface area contributed by atoms with Crippen LogP contribution in [-0.4, -0.2) is 35.0 Å². The predicted molar refractivity (Wildman–Crippen MR) is 120 cm³/mol. The number of rotatable bonds is 8. The van der Waals surface area contributed by atoms with E-state index in [1.807, 2.05) is 24.3 Å². The smallest absolute Gasteiger partial charge is 0.132 e. The van der Waals surface area contributed by atoms with Gasteiger partial charge in [-0.2, -0.15) is 5.26 Å². The predicted octanol–water partition coefficient (Wildman–Crippen LogP) is 4.55. The van der Waals surface area contributed by atoms with Crippen molar-refractivity contribution in [2.45, 2.75) is 63.5 Å². The van der Waals surface area contributed by atoms with Crippen LogP contribution in [0.2, 0.25) is 18.1 Å². The topological polar surface area (TPSA) is 64.6 Å². The van der Waals surface area contributed by atoms with E-state index in [1.165, 1.54) is 0 Å². The van der Waals surface area contributed by atoms with Crippen LogP contribution in [0, 0.1) is 11.3 Å². The zero-order valence-corrected chi connectivity index (χ0v) is 20.2. The van der Waals surface area contributed by atoms with Gasteiger partial charge in [-0.25, -0.2) is 0 Å². The van der Waals surface area contributed by atoms with Crippen LogP contribution in [0.25, 0.3) is 0 Å². The molecule has 0 spiro atoms. The molecular formula is C24H33NO4Si. The molecule has 1 aliphatic carbocycles. The Kier molecular flexibility index (Phi) is 6.19.